The van der Waals surface area contributed by atoms with Crippen LogP contribution < -0.4 is 18.9 Å². The number of benzene rings is 3. The Morgan fingerprint density at radius 2 is 1.56 bits per heavy atom. The first-order valence-electron chi connectivity index (χ1n) is 12.7. The number of ketones is 1. The molecule has 0 radical (unpaired) electrons. The molecule has 1 aliphatic rings. The maximum absolute atomic E-state index is 13.4. The van der Waals surface area contributed by atoms with Gasteiger partial charge in [-0.25, -0.2) is 0 Å². The lowest BCUT2D eigenvalue weighted by atomic mass is 9.93. The molecule has 0 saturated carbocycles. The number of nitrogens with zero attached hydrogens (tertiary/aromatic N) is 1. The van der Waals surface area contributed by atoms with Gasteiger partial charge in [-0.3, -0.25) is 9.59 Å². The van der Waals surface area contributed by atoms with Crippen LogP contribution in [0.4, 0.5) is 0 Å². The molecule has 39 heavy (non-hydrogen) atoms. The zero-order chi connectivity index (χ0) is 28.1. The van der Waals surface area contributed by atoms with Crippen molar-refractivity contribution < 1.29 is 33.6 Å². The fraction of sp³-hybridized carbons (Fsp3) is 0.290. The molecule has 1 unspecified atom stereocenters. The monoisotopic (exact) mass is 531 g/mol. The van der Waals surface area contributed by atoms with Gasteiger partial charge in [-0.05, 0) is 71.6 Å². The molecule has 0 bridgehead atoms. The first-order chi connectivity index (χ1) is 18.8. The molecule has 1 amide bonds. The molecule has 8 nitrogen and oxygen atoms in total. The Kier molecular flexibility index (Phi) is 8.44. The summed E-state index contributed by atoms with van der Waals surface area (Å²) in [5, 5.41) is 11.5. The second kappa shape index (κ2) is 11.9. The molecule has 8 heteroatoms. The van der Waals surface area contributed by atoms with Gasteiger partial charge in [0.2, 0.25) is 0 Å². The van der Waals surface area contributed by atoms with E-state index in [1.165, 1.54) is 4.90 Å². The molecule has 3 aromatic rings. The molecule has 0 aliphatic carbocycles. The molecule has 1 aliphatic heterocycles. The summed E-state index contributed by atoms with van der Waals surface area (Å²) in [6.07, 6.45) is 0. The average Bonchev–Trinajstić information content (AvgIpc) is 3.21. The minimum atomic E-state index is -0.829. The number of Topliss-reactive ketones (excluding diaryl/α,β-unsaturated/α-hetero) is 1. The van der Waals surface area contributed by atoms with Crippen molar-refractivity contribution in [3.8, 4) is 23.0 Å². The van der Waals surface area contributed by atoms with Crippen molar-refractivity contribution in [3.63, 3.8) is 0 Å². The zero-order valence-electron chi connectivity index (χ0n) is 22.8. The minimum absolute atomic E-state index is 0.0116. The Labute approximate surface area is 228 Å². The van der Waals surface area contributed by atoms with Crippen molar-refractivity contribution in [2.75, 3.05) is 34.5 Å². The second-order valence-corrected chi connectivity index (χ2v) is 9.40. The van der Waals surface area contributed by atoms with E-state index in [1.54, 1.807) is 88.1 Å². The van der Waals surface area contributed by atoms with E-state index in [4.69, 9.17) is 18.9 Å². The first kappa shape index (κ1) is 27.6. The summed E-state index contributed by atoms with van der Waals surface area (Å²) in [5.41, 5.74) is 1.95. The summed E-state index contributed by atoms with van der Waals surface area (Å²) >= 11 is 0. The molecule has 1 fully saturated rings. The van der Waals surface area contributed by atoms with Crippen LogP contribution >= 0.6 is 0 Å². The Morgan fingerprint density at radius 3 is 2.21 bits per heavy atom. The van der Waals surface area contributed by atoms with E-state index < -0.39 is 17.7 Å². The molecular weight excluding hydrogens is 498 g/mol. The van der Waals surface area contributed by atoms with Crippen molar-refractivity contribution in [1.29, 1.82) is 0 Å². The molecule has 3 aromatic carbocycles. The Bertz CT molecular complexity index is 1380. The van der Waals surface area contributed by atoms with Gasteiger partial charge in [-0.15, -0.1) is 0 Å². The zero-order valence-corrected chi connectivity index (χ0v) is 22.8. The molecular formula is C31H33NO7. The highest BCUT2D eigenvalue weighted by Crippen LogP contribution is 2.41. The van der Waals surface area contributed by atoms with Crippen LogP contribution in [0, 0.1) is 0 Å². The van der Waals surface area contributed by atoms with Crippen LogP contribution in [0.25, 0.3) is 5.76 Å². The van der Waals surface area contributed by atoms with Gasteiger partial charge in [-0.1, -0.05) is 26.0 Å². The highest BCUT2D eigenvalue weighted by Gasteiger charge is 2.46. The molecule has 4 rings (SSSR count). The number of amides is 1. The number of ether oxygens (including phenoxy) is 4. The van der Waals surface area contributed by atoms with Crippen molar-refractivity contribution in [2.24, 2.45) is 0 Å². The Balaban J connectivity index is 1.73. The van der Waals surface area contributed by atoms with Crippen LogP contribution in [0.1, 0.15) is 42.5 Å². The number of carbonyl (C=O) groups excluding carboxylic acids is 2. The van der Waals surface area contributed by atoms with Gasteiger partial charge < -0.3 is 29.0 Å². The van der Waals surface area contributed by atoms with Crippen LogP contribution in [0.3, 0.4) is 0 Å². The summed E-state index contributed by atoms with van der Waals surface area (Å²) in [6, 6.07) is 18.6. The maximum Gasteiger partial charge on any atom is 0.295 e. The fourth-order valence-corrected chi connectivity index (χ4v) is 4.69. The van der Waals surface area contributed by atoms with Gasteiger partial charge in [-0.2, -0.15) is 0 Å². The van der Waals surface area contributed by atoms with E-state index in [9.17, 15) is 14.7 Å². The highest BCUT2D eigenvalue weighted by molar-refractivity contribution is 6.46. The van der Waals surface area contributed by atoms with E-state index >= 15 is 0 Å². The summed E-state index contributed by atoms with van der Waals surface area (Å²) in [5.74, 6) is 0.951. The number of aliphatic hydroxyl groups excluding tert-OH is 1. The maximum atomic E-state index is 13.4. The van der Waals surface area contributed by atoms with Crippen LogP contribution in [-0.4, -0.2) is 56.2 Å². The summed E-state index contributed by atoms with van der Waals surface area (Å²) < 4.78 is 21.9. The van der Waals surface area contributed by atoms with Crippen molar-refractivity contribution >= 4 is 17.4 Å². The number of likely N-dealkylation sites (tertiary alicyclic amines) is 1. The van der Waals surface area contributed by atoms with Gasteiger partial charge in [0.25, 0.3) is 11.7 Å². The van der Waals surface area contributed by atoms with E-state index in [0.29, 0.717) is 34.1 Å². The van der Waals surface area contributed by atoms with Gasteiger partial charge >= 0.3 is 0 Å². The van der Waals surface area contributed by atoms with E-state index in [0.717, 1.165) is 5.56 Å². The molecule has 1 atom stereocenters. The SMILES string of the molecule is COc1ccc(OCCN2C(=O)C(=O)/C(=C(\O)c3ccc(OC)c(C(C)C)c3)C2c2cccc(OC)c2)cc1. The number of rotatable bonds is 10. The van der Waals surface area contributed by atoms with Crippen LogP contribution in [0.2, 0.25) is 0 Å². The van der Waals surface area contributed by atoms with Gasteiger partial charge in [0.15, 0.2) is 0 Å². The molecule has 1 saturated heterocycles. The molecule has 1 N–H and O–H groups in total. The number of carbonyl (C=O) groups is 2. The van der Waals surface area contributed by atoms with Gasteiger partial charge in [0, 0.05) is 5.56 Å². The second-order valence-electron chi connectivity index (χ2n) is 9.40. The predicted octanol–water partition coefficient (Wildman–Crippen LogP) is 5.34. The van der Waals surface area contributed by atoms with E-state index in [-0.39, 0.29) is 30.4 Å². The van der Waals surface area contributed by atoms with Gasteiger partial charge in [0.05, 0.1) is 39.5 Å². The molecule has 0 spiro atoms. The summed E-state index contributed by atoms with van der Waals surface area (Å²) in [7, 11) is 4.72. The normalized spacial score (nSPS) is 16.5. The lowest BCUT2D eigenvalue weighted by Crippen LogP contribution is -2.33. The van der Waals surface area contributed by atoms with Gasteiger partial charge in [0.1, 0.15) is 35.4 Å². The number of aliphatic hydroxyl groups is 1. The topological polar surface area (TPSA) is 94.5 Å². The van der Waals surface area contributed by atoms with Crippen molar-refractivity contribution in [3.05, 3.63) is 89.0 Å². The first-order valence-corrected chi connectivity index (χ1v) is 12.7. The molecule has 1 heterocycles. The largest absolute Gasteiger partial charge is 0.507 e. The van der Waals surface area contributed by atoms with E-state index in [2.05, 4.69) is 0 Å². The Hall–Kier alpha value is -4.46. The van der Waals surface area contributed by atoms with Crippen LogP contribution in [0.5, 0.6) is 23.0 Å². The number of methoxy groups -OCH3 is 3. The van der Waals surface area contributed by atoms with E-state index in [1.807, 2.05) is 13.8 Å². The third kappa shape index (κ3) is 5.70. The summed E-state index contributed by atoms with van der Waals surface area (Å²) in [6.45, 7) is 4.29. The standard InChI is InChI=1S/C31H33NO7/c1-19(2)25-18-21(9-14-26(25)38-5)29(33)27-28(20-7-6-8-24(17-20)37-4)32(31(35)30(27)34)15-16-39-23-12-10-22(36-3)11-13-23/h6-14,17-19,28,33H,15-16H2,1-5H3/b29-27-. The Morgan fingerprint density at radius 1 is 0.872 bits per heavy atom. The van der Waals surface area contributed by atoms with Crippen LogP contribution in [0.15, 0.2) is 72.3 Å². The van der Waals surface area contributed by atoms with Crippen molar-refractivity contribution in [1.82, 2.24) is 4.90 Å². The average molecular weight is 532 g/mol. The third-order valence-electron chi connectivity index (χ3n) is 6.73. The van der Waals surface area contributed by atoms with Crippen molar-refractivity contribution in [2.45, 2.75) is 25.8 Å². The quantitative estimate of drug-likeness (QED) is 0.214. The third-order valence-corrected chi connectivity index (χ3v) is 6.73. The fourth-order valence-electron chi connectivity index (χ4n) is 4.69. The lowest BCUT2D eigenvalue weighted by molar-refractivity contribution is -0.140. The molecule has 204 valence electrons. The van der Waals surface area contributed by atoms with Crippen LogP contribution in [-0.2, 0) is 9.59 Å². The highest BCUT2D eigenvalue weighted by atomic mass is 16.5. The molecule has 0 aromatic heterocycles. The lowest BCUT2D eigenvalue weighted by Gasteiger charge is -2.25. The minimum Gasteiger partial charge on any atom is -0.507 e. The number of hydrogen-bond acceptors (Lipinski definition) is 7. The summed E-state index contributed by atoms with van der Waals surface area (Å²) in [4.78, 5) is 28.1. The predicted molar refractivity (Wildman–Crippen MR) is 148 cm³/mol. The smallest absolute Gasteiger partial charge is 0.295 e. The number of hydrogen-bond donors (Lipinski definition) is 1.